The highest BCUT2D eigenvalue weighted by molar-refractivity contribution is 5.86. The van der Waals surface area contributed by atoms with E-state index in [0.29, 0.717) is 0 Å². The molecular formula is C20H14N2. The standard InChI is InChI=1S/C20H14N2/c1-2-7-16(8-3-1)19-12-13-20(22-21-19)18-11-10-15-6-4-5-9-17(15)14-18/h1-14H. The van der Waals surface area contributed by atoms with Crippen LogP contribution in [0.25, 0.3) is 33.3 Å². The molecule has 2 heteroatoms. The van der Waals surface area contributed by atoms with Gasteiger partial charge in [0.1, 0.15) is 0 Å². The van der Waals surface area contributed by atoms with E-state index in [1.165, 1.54) is 10.8 Å². The molecule has 0 unspecified atom stereocenters. The van der Waals surface area contributed by atoms with Gasteiger partial charge in [0.15, 0.2) is 0 Å². The molecule has 3 aromatic carbocycles. The topological polar surface area (TPSA) is 25.8 Å². The molecule has 0 aliphatic rings. The average Bonchev–Trinajstić information content (AvgIpc) is 2.62. The molecule has 0 aliphatic heterocycles. The Labute approximate surface area is 129 Å². The van der Waals surface area contributed by atoms with Crippen molar-refractivity contribution in [1.29, 1.82) is 0 Å². The Morgan fingerprint density at radius 3 is 1.82 bits per heavy atom. The third-order valence-corrected chi connectivity index (χ3v) is 3.78. The van der Waals surface area contributed by atoms with Crippen molar-refractivity contribution in [2.75, 3.05) is 0 Å². The van der Waals surface area contributed by atoms with E-state index >= 15 is 0 Å². The molecule has 0 atom stereocenters. The Balaban J connectivity index is 1.73. The highest BCUT2D eigenvalue weighted by atomic mass is 15.1. The number of nitrogens with zero attached hydrogens (tertiary/aromatic N) is 2. The summed E-state index contributed by atoms with van der Waals surface area (Å²) in [6.07, 6.45) is 0. The molecule has 22 heavy (non-hydrogen) atoms. The van der Waals surface area contributed by atoms with Gasteiger partial charge >= 0.3 is 0 Å². The second-order valence-electron chi connectivity index (χ2n) is 5.23. The summed E-state index contributed by atoms with van der Waals surface area (Å²) in [6.45, 7) is 0. The number of hydrogen-bond acceptors (Lipinski definition) is 2. The lowest BCUT2D eigenvalue weighted by Crippen LogP contribution is -1.90. The molecule has 4 rings (SSSR count). The summed E-state index contributed by atoms with van der Waals surface area (Å²) in [5.41, 5.74) is 3.96. The van der Waals surface area contributed by atoms with Gasteiger partial charge < -0.3 is 0 Å². The number of hydrogen-bond donors (Lipinski definition) is 0. The molecule has 0 N–H and O–H groups in total. The minimum absolute atomic E-state index is 0.894. The van der Waals surface area contributed by atoms with Crippen LogP contribution in [0.15, 0.2) is 84.9 Å². The van der Waals surface area contributed by atoms with Crippen molar-refractivity contribution < 1.29 is 0 Å². The maximum Gasteiger partial charge on any atom is 0.0930 e. The first-order chi connectivity index (χ1) is 10.9. The van der Waals surface area contributed by atoms with E-state index in [1.807, 2.05) is 42.5 Å². The molecule has 0 saturated heterocycles. The fourth-order valence-electron chi connectivity index (χ4n) is 2.60. The Kier molecular flexibility index (Phi) is 3.13. The van der Waals surface area contributed by atoms with Crippen LogP contribution in [-0.4, -0.2) is 10.2 Å². The number of rotatable bonds is 2. The Morgan fingerprint density at radius 2 is 1.09 bits per heavy atom. The smallest absolute Gasteiger partial charge is 0.0930 e. The van der Waals surface area contributed by atoms with Crippen molar-refractivity contribution >= 4 is 10.8 Å². The molecule has 0 amide bonds. The minimum Gasteiger partial charge on any atom is -0.150 e. The zero-order valence-electron chi connectivity index (χ0n) is 12.0. The van der Waals surface area contributed by atoms with Gasteiger partial charge in [-0.05, 0) is 29.0 Å². The lowest BCUT2D eigenvalue weighted by molar-refractivity contribution is 1.04. The lowest BCUT2D eigenvalue weighted by atomic mass is 10.0. The molecule has 1 heterocycles. The largest absolute Gasteiger partial charge is 0.150 e. The van der Waals surface area contributed by atoms with Crippen LogP contribution in [-0.2, 0) is 0 Å². The van der Waals surface area contributed by atoms with Crippen LogP contribution in [0.4, 0.5) is 0 Å². The zero-order chi connectivity index (χ0) is 14.8. The van der Waals surface area contributed by atoms with Gasteiger partial charge in [-0.1, -0.05) is 66.7 Å². The van der Waals surface area contributed by atoms with Gasteiger partial charge in [0.25, 0.3) is 0 Å². The van der Waals surface area contributed by atoms with E-state index < -0.39 is 0 Å². The van der Waals surface area contributed by atoms with Crippen LogP contribution in [0.5, 0.6) is 0 Å². The van der Waals surface area contributed by atoms with Crippen LogP contribution in [0.1, 0.15) is 0 Å². The zero-order valence-corrected chi connectivity index (χ0v) is 12.0. The highest BCUT2D eigenvalue weighted by Crippen LogP contribution is 2.24. The van der Waals surface area contributed by atoms with Gasteiger partial charge in [-0.2, -0.15) is 0 Å². The number of fused-ring (bicyclic) bond motifs is 1. The third-order valence-electron chi connectivity index (χ3n) is 3.78. The second kappa shape index (κ2) is 5.41. The Hall–Kier alpha value is -3.00. The van der Waals surface area contributed by atoms with E-state index in [2.05, 4.69) is 52.7 Å². The van der Waals surface area contributed by atoms with Gasteiger partial charge in [-0.3, -0.25) is 0 Å². The van der Waals surface area contributed by atoms with Crippen LogP contribution in [0.3, 0.4) is 0 Å². The first-order valence-corrected chi connectivity index (χ1v) is 7.28. The maximum atomic E-state index is 4.38. The van der Waals surface area contributed by atoms with Crippen molar-refractivity contribution in [3.05, 3.63) is 84.9 Å². The summed E-state index contributed by atoms with van der Waals surface area (Å²) in [6, 6.07) is 28.8. The van der Waals surface area contributed by atoms with E-state index in [0.717, 1.165) is 22.5 Å². The molecule has 0 saturated carbocycles. The number of benzene rings is 3. The summed E-state index contributed by atoms with van der Waals surface area (Å²) in [5, 5.41) is 11.2. The molecule has 4 aromatic rings. The molecule has 1 aromatic heterocycles. The Morgan fingerprint density at radius 1 is 0.455 bits per heavy atom. The predicted octanol–water partition coefficient (Wildman–Crippen LogP) is 4.96. The summed E-state index contributed by atoms with van der Waals surface area (Å²) in [4.78, 5) is 0. The maximum absolute atomic E-state index is 4.38. The quantitative estimate of drug-likeness (QED) is 0.519. The van der Waals surface area contributed by atoms with E-state index in [4.69, 9.17) is 0 Å². The van der Waals surface area contributed by atoms with Crippen molar-refractivity contribution in [1.82, 2.24) is 10.2 Å². The van der Waals surface area contributed by atoms with Gasteiger partial charge in [0, 0.05) is 11.1 Å². The minimum atomic E-state index is 0.894. The van der Waals surface area contributed by atoms with Gasteiger partial charge in [-0.25, -0.2) is 0 Å². The Bertz CT molecular complexity index is 913. The fourth-order valence-corrected chi connectivity index (χ4v) is 2.60. The van der Waals surface area contributed by atoms with Gasteiger partial charge in [-0.15, -0.1) is 10.2 Å². The molecular weight excluding hydrogens is 268 g/mol. The molecule has 0 aliphatic carbocycles. The van der Waals surface area contributed by atoms with E-state index in [-0.39, 0.29) is 0 Å². The van der Waals surface area contributed by atoms with Crippen molar-refractivity contribution in [2.24, 2.45) is 0 Å². The van der Waals surface area contributed by atoms with Gasteiger partial charge in [0.05, 0.1) is 11.4 Å². The number of aromatic nitrogens is 2. The molecule has 0 spiro atoms. The van der Waals surface area contributed by atoms with Crippen LogP contribution >= 0.6 is 0 Å². The summed E-state index contributed by atoms with van der Waals surface area (Å²) in [5.74, 6) is 0. The van der Waals surface area contributed by atoms with Crippen LogP contribution in [0.2, 0.25) is 0 Å². The molecule has 0 radical (unpaired) electrons. The SMILES string of the molecule is c1ccc(-c2ccc(-c3ccc4ccccc4c3)nn2)cc1. The third kappa shape index (κ3) is 2.35. The van der Waals surface area contributed by atoms with E-state index in [1.54, 1.807) is 0 Å². The van der Waals surface area contributed by atoms with E-state index in [9.17, 15) is 0 Å². The normalized spacial score (nSPS) is 10.7. The van der Waals surface area contributed by atoms with Crippen molar-refractivity contribution in [3.63, 3.8) is 0 Å². The first-order valence-electron chi connectivity index (χ1n) is 7.28. The monoisotopic (exact) mass is 282 g/mol. The molecule has 2 nitrogen and oxygen atoms in total. The predicted molar refractivity (Wildman–Crippen MR) is 90.4 cm³/mol. The van der Waals surface area contributed by atoms with Crippen molar-refractivity contribution in [2.45, 2.75) is 0 Å². The fraction of sp³-hybridized carbons (Fsp3) is 0. The summed E-state index contributed by atoms with van der Waals surface area (Å²) >= 11 is 0. The van der Waals surface area contributed by atoms with Gasteiger partial charge in [0.2, 0.25) is 0 Å². The summed E-state index contributed by atoms with van der Waals surface area (Å²) in [7, 11) is 0. The lowest BCUT2D eigenvalue weighted by Gasteiger charge is -2.04. The molecule has 104 valence electrons. The second-order valence-corrected chi connectivity index (χ2v) is 5.23. The molecule has 0 fully saturated rings. The van der Waals surface area contributed by atoms with Crippen molar-refractivity contribution in [3.8, 4) is 22.5 Å². The van der Waals surface area contributed by atoms with Crippen LogP contribution in [0, 0.1) is 0 Å². The average molecular weight is 282 g/mol. The molecule has 0 bridgehead atoms. The summed E-state index contributed by atoms with van der Waals surface area (Å²) < 4.78 is 0. The van der Waals surface area contributed by atoms with Crippen LogP contribution < -0.4 is 0 Å². The highest BCUT2D eigenvalue weighted by Gasteiger charge is 2.04. The first kappa shape index (κ1) is 12.7.